The lowest BCUT2D eigenvalue weighted by molar-refractivity contribution is 0.591. The second kappa shape index (κ2) is 4.66. The molecular formula is C14H16N4. The highest BCUT2D eigenvalue weighted by Gasteiger charge is 2.06. The van der Waals surface area contributed by atoms with Gasteiger partial charge in [-0.25, -0.2) is 4.98 Å². The van der Waals surface area contributed by atoms with E-state index in [0.29, 0.717) is 6.54 Å². The smallest absolute Gasteiger partial charge is 0.0946 e. The Morgan fingerprint density at radius 1 is 1.17 bits per heavy atom. The van der Waals surface area contributed by atoms with Gasteiger partial charge in [0, 0.05) is 49.1 Å². The number of benzene rings is 1. The molecule has 3 rings (SSSR count). The van der Waals surface area contributed by atoms with Crippen LogP contribution in [0.1, 0.15) is 5.56 Å². The minimum absolute atomic E-state index is 0.582. The van der Waals surface area contributed by atoms with Crippen molar-refractivity contribution in [3.05, 3.63) is 54.7 Å². The predicted octanol–water partition coefficient (Wildman–Crippen LogP) is 2.00. The molecule has 2 aromatic heterocycles. The van der Waals surface area contributed by atoms with Crippen LogP contribution in [0.4, 0.5) is 0 Å². The highest BCUT2D eigenvalue weighted by molar-refractivity contribution is 5.83. The van der Waals surface area contributed by atoms with Crippen LogP contribution in [0, 0.1) is 0 Å². The molecule has 4 heteroatoms. The van der Waals surface area contributed by atoms with E-state index in [-0.39, 0.29) is 0 Å². The van der Waals surface area contributed by atoms with Gasteiger partial charge in [-0.1, -0.05) is 18.2 Å². The maximum absolute atomic E-state index is 5.79. The molecule has 0 unspecified atom stereocenters. The maximum Gasteiger partial charge on any atom is 0.0946 e. The Hall–Kier alpha value is -2.07. The molecule has 2 heterocycles. The Balaban J connectivity index is 1.91. The fourth-order valence-corrected chi connectivity index (χ4v) is 2.31. The zero-order chi connectivity index (χ0) is 12.4. The van der Waals surface area contributed by atoms with Crippen LogP contribution in [0.15, 0.2) is 49.2 Å². The summed E-state index contributed by atoms with van der Waals surface area (Å²) in [5, 5.41) is 1.26. The molecule has 0 spiro atoms. The van der Waals surface area contributed by atoms with Crippen molar-refractivity contribution in [2.24, 2.45) is 5.73 Å². The molecule has 0 fully saturated rings. The first-order chi connectivity index (χ1) is 8.88. The van der Waals surface area contributed by atoms with E-state index in [1.165, 1.54) is 16.5 Å². The van der Waals surface area contributed by atoms with Crippen molar-refractivity contribution in [1.82, 2.24) is 14.1 Å². The lowest BCUT2D eigenvalue weighted by Gasteiger charge is -2.05. The van der Waals surface area contributed by atoms with E-state index in [2.05, 4.69) is 44.6 Å². The average molecular weight is 240 g/mol. The summed E-state index contributed by atoms with van der Waals surface area (Å²) in [6.45, 7) is 2.43. The first kappa shape index (κ1) is 11.0. The molecule has 0 bridgehead atoms. The topological polar surface area (TPSA) is 48.8 Å². The molecule has 2 N–H and O–H groups in total. The number of hydrogen-bond donors (Lipinski definition) is 1. The van der Waals surface area contributed by atoms with Gasteiger partial charge in [0.2, 0.25) is 0 Å². The zero-order valence-electron chi connectivity index (χ0n) is 10.2. The van der Waals surface area contributed by atoms with Gasteiger partial charge in [0.05, 0.1) is 6.33 Å². The van der Waals surface area contributed by atoms with Gasteiger partial charge in [0.1, 0.15) is 0 Å². The van der Waals surface area contributed by atoms with Crippen LogP contribution in [0.5, 0.6) is 0 Å². The Morgan fingerprint density at radius 3 is 2.83 bits per heavy atom. The summed E-state index contributed by atoms with van der Waals surface area (Å²) in [4.78, 5) is 4.05. The number of rotatable bonds is 4. The van der Waals surface area contributed by atoms with E-state index in [4.69, 9.17) is 5.73 Å². The van der Waals surface area contributed by atoms with E-state index in [9.17, 15) is 0 Å². The molecular weight excluding hydrogens is 224 g/mol. The van der Waals surface area contributed by atoms with Gasteiger partial charge in [0.15, 0.2) is 0 Å². The van der Waals surface area contributed by atoms with Crippen LogP contribution in [-0.2, 0) is 19.6 Å². The minimum atomic E-state index is 0.582. The van der Waals surface area contributed by atoms with Crippen molar-refractivity contribution < 1.29 is 0 Å². The Labute approximate surface area is 106 Å². The largest absolute Gasteiger partial charge is 0.345 e. The Kier molecular flexibility index (Phi) is 2.86. The summed E-state index contributed by atoms with van der Waals surface area (Å²) in [5.41, 5.74) is 8.24. The number of nitrogens with two attached hydrogens (primary N) is 1. The molecule has 0 aliphatic carbocycles. The summed E-state index contributed by atoms with van der Waals surface area (Å²) in [7, 11) is 0. The second-order valence-corrected chi connectivity index (χ2v) is 4.37. The summed E-state index contributed by atoms with van der Waals surface area (Å²) >= 11 is 0. The summed E-state index contributed by atoms with van der Waals surface area (Å²) < 4.78 is 4.34. The molecule has 4 nitrogen and oxygen atoms in total. The van der Waals surface area contributed by atoms with Gasteiger partial charge in [0.25, 0.3) is 0 Å². The van der Waals surface area contributed by atoms with E-state index < -0.39 is 0 Å². The molecule has 0 aliphatic rings. The van der Waals surface area contributed by atoms with Gasteiger partial charge >= 0.3 is 0 Å². The minimum Gasteiger partial charge on any atom is -0.345 e. The van der Waals surface area contributed by atoms with E-state index in [0.717, 1.165) is 13.1 Å². The molecule has 0 atom stereocenters. The third-order valence-electron chi connectivity index (χ3n) is 3.25. The van der Waals surface area contributed by atoms with Crippen molar-refractivity contribution >= 4 is 10.9 Å². The zero-order valence-corrected chi connectivity index (χ0v) is 10.2. The lowest BCUT2D eigenvalue weighted by atomic mass is 10.2. The highest BCUT2D eigenvalue weighted by Crippen LogP contribution is 2.20. The number of fused-ring (bicyclic) bond motifs is 1. The van der Waals surface area contributed by atoms with Gasteiger partial charge in [-0.15, -0.1) is 0 Å². The summed E-state index contributed by atoms with van der Waals surface area (Å²) in [6, 6.07) is 8.39. The standard InChI is InChI=1S/C14H16N4/c15-9-12-10-18(8-7-17-6-5-16-11-17)14-4-2-1-3-13(12)14/h1-6,10-11H,7-9,15H2. The number of para-hydroxylation sites is 1. The number of hydrogen-bond acceptors (Lipinski definition) is 2. The van der Waals surface area contributed by atoms with Gasteiger partial charge in [-0.05, 0) is 11.6 Å². The van der Waals surface area contributed by atoms with E-state index in [1.807, 2.05) is 12.5 Å². The van der Waals surface area contributed by atoms with E-state index in [1.54, 1.807) is 6.20 Å². The number of aryl methyl sites for hydroxylation is 2. The first-order valence-electron chi connectivity index (χ1n) is 6.11. The molecule has 0 saturated carbocycles. The van der Waals surface area contributed by atoms with Crippen LogP contribution in [0.25, 0.3) is 10.9 Å². The van der Waals surface area contributed by atoms with Gasteiger partial charge < -0.3 is 14.9 Å². The molecule has 0 aliphatic heterocycles. The highest BCUT2D eigenvalue weighted by atomic mass is 15.1. The third kappa shape index (κ3) is 1.91. The van der Waals surface area contributed by atoms with Crippen LogP contribution in [-0.4, -0.2) is 14.1 Å². The van der Waals surface area contributed by atoms with E-state index >= 15 is 0 Å². The molecule has 92 valence electrons. The van der Waals surface area contributed by atoms with Crippen LogP contribution in [0.2, 0.25) is 0 Å². The van der Waals surface area contributed by atoms with Crippen molar-refractivity contribution in [2.75, 3.05) is 0 Å². The molecule has 3 aromatic rings. The molecule has 18 heavy (non-hydrogen) atoms. The Morgan fingerprint density at radius 2 is 2.06 bits per heavy atom. The quantitative estimate of drug-likeness (QED) is 0.758. The molecule has 0 amide bonds. The number of imidazole rings is 1. The maximum atomic E-state index is 5.79. The summed E-state index contributed by atoms with van der Waals surface area (Å²) in [5.74, 6) is 0. The fourth-order valence-electron chi connectivity index (χ4n) is 2.31. The van der Waals surface area contributed by atoms with Gasteiger partial charge in [-0.3, -0.25) is 0 Å². The number of aromatic nitrogens is 3. The monoisotopic (exact) mass is 240 g/mol. The molecule has 1 aromatic carbocycles. The van der Waals surface area contributed by atoms with Gasteiger partial charge in [-0.2, -0.15) is 0 Å². The lowest BCUT2D eigenvalue weighted by Crippen LogP contribution is -2.04. The fraction of sp³-hybridized carbons (Fsp3) is 0.214. The normalized spacial score (nSPS) is 11.2. The van der Waals surface area contributed by atoms with Crippen molar-refractivity contribution in [3.63, 3.8) is 0 Å². The average Bonchev–Trinajstić information content (AvgIpc) is 3.04. The second-order valence-electron chi connectivity index (χ2n) is 4.37. The van der Waals surface area contributed by atoms with Crippen molar-refractivity contribution in [2.45, 2.75) is 19.6 Å². The van der Waals surface area contributed by atoms with Crippen LogP contribution >= 0.6 is 0 Å². The third-order valence-corrected chi connectivity index (χ3v) is 3.25. The first-order valence-corrected chi connectivity index (χ1v) is 6.11. The molecule has 0 saturated heterocycles. The van der Waals surface area contributed by atoms with Crippen molar-refractivity contribution in [3.8, 4) is 0 Å². The predicted molar refractivity (Wildman–Crippen MR) is 72.1 cm³/mol. The van der Waals surface area contributed by atoms with Crippen LogP contribution < -0.4 is 5.73 Å². The van der Waals surface area contributed by atoms with Crippen LogP contribution in [0.3, 0.4) is 0 Å². The molecule has 0 radical (unpaired) electrons. The SMILES string of the molecule is NCc1cn(CCn2ccnc2)c2ccccc12. The Bertz CT molecular complexity index is 637. The number of nitrogens with zero attached hydrogens (tertiary/aromatic N) is 3. The summed E-state index contributed by atoms with van der Waals surface area (Å²) in [6.07, 6.45) is 7.78. The van der Waals surface area contributed by atoms with Crippen molar-refractivity contribution in [1.29, 1.82) is 0 Å².